The van der Waals surface area contributed by atoms with E-state index in [4.69, 9.17) is 5.73 Å². The summed E-state index contributed by atoms with van der Waals surface area (Å²) in [5.74, 6) is 0.503. The lowest BCUT2D eigenvalue weighted by molar-refractivity contribution is 0.546. The second-order valence-corrected chi connectivity index (χ2v) is 3.71. The maximum Gasteiger partial charge on any atom is 0.0211 e. The average Bonchev–Trinajstić information content (AvgIpc) is 2.18. The van der Waals surface area contributed by atoms with Crippen molar-refractivity contribution in [1.82, 2.24) is 5.32 Å². The van der Waals surface area contributed by atoms with Gasteiger partial charge in [-0.1, -0.05) is 18.2 Å². The minimum atomic E-state index is 0.503. The highest BCUT2D eigenvalue weighted by Gasteiger charge is 2.18. The summed E-state index contributed by atoms with van der Waals surface area (Å²) in [6, 6.07) is 6.50. The summed E-state index contributed by atoms with van der Waals surface area (Å²) >= 11 is 0. The summed E-state index contributed by atoms with van der Waals surface area (Å²) in [5, 5.41) is 3.40. The third kappa shape index (κ3) is 1.47. The second-order valence-electron chi connectivity index (χ2n) is 3.71. The Morgan fingerprint density at radius 3 is 3.15 bits per heavy atom. The van der Waals surface area contributed by atoms with Crippen LogP contribution in [0.3, 0.4) is 0 Å². The number of fused-ring (bicyclic) bond motifs is 1. The molecule has 0 aliphatic carbocycles. The lowest BCUT2D eigenvalue weighted by Gasteiger charge is -2.26. The monoisotopic (exact) mass is 176 g/mol. The predicted molar refractivity (Wildman–Crippen MR) is 54.7 cm³/mol. The van der Waals surface area contributed by atoms with Gasteiger partial charge in [0.2, 0.25) is 0 Å². The van der Waals surface area contributed by atoms with Gasteiger partial charge in [0, 0.05) is 25.6 Å². The Labute approximate surface area is 79.1 Å². The largest absolute Gasteiger partial charge is 0.330 e. The minimum absolute atomic E-state index is 0.503. The molecule has 2 rings (SSSR count). The minimum Gasteiger partial charge on any atom is -0.330 e. The van der Waals surface area contributed by atoms with E-state index < -0.39 is 0 Å². The van der Waals surface area contributed by atoms with Gasteiger partial charge in [0.05, 0.1) is 0 Å². The average molecular weight is 176 g/mol. The lowest BCUT2D eigenvalue weighted by atomic mass is 9.88. The maximum absolute atomic E-state index is 5.73. The van der Waals surface area contributed by atoms with Crippen LogP contribution in [-0.4, -0.2) is 13.1 Å². The lowest BCUT2D eigenvalue weighted by Crippen LogP contribution is -2.32. The van der Waals surface area contributed by atoms with Crippen LogP contribution in [0.2, 0.25) is 0 Å². The van der Waals surface area contributed by atoms with Crippen molar-refractivity contribution in [3.8, 4) is 0 Å². The van der Waals surface area contributed by atoms with E-state index in [2.05, 4.69) is 30.4 Å². The number of hydrogen-bond donors (Lipinski definition) is 2. The van der Waals surface area contributed by atoms with Crippen LogP contribution in [0.5, 0.6) is 0 Å². The number of hydrogen-bond acceptors (Lipinski definition) is 2. The Hall–Kier alpha value is -0.860. The molecule has 0 spiro atoms. The molecule has 0 fully saturated rings. The van der Waals surface area contributed by atoms with Gasteiger partial charge in [-0.2, -0.15) is 0 Å². The van der Waals surface area contributed by atoms with Crippen molar-refractivity contribution in [3.05, 3.63) is 34.9 Å². The van der Waals surface area contributed by atoms with E-state index in [1.165, 1.54) is 16.7 Å². The topological polar surface area (TPSA) is 38.0 Å². The van der Waals surface area contributed by atoms with Gasteiger partial charge in [-0.05, 0) is 23.6 Å². The van der Waals surface area contributed by atoms with Crippen LogP contribution in [0.4, 0.5) is 0 Å². The molecule has 1 aliphatic heterocycles. The fourth-order valence-electron chi connectivity index (χ4n) is 2.04. The van der Waals surface area contributed by atoms with Crippen LogP contribution >= 0.6 is 0 Å². The number of benzene rings is 1. The number of aryl methyl sites for hydroxylation is 1. The smallest absolute Gasteiger partial charge is 0.0211 e. The standard InChI is InChI=1S/C11H16N2/c1-8-3-2-4-10-9(5-12)6-13-7-11(8)10/h2-4,9,13H,5-7,12H2,1H3. The van der Waals surface area contributed by atoms with E-state index in [1.54, 1.807) is 0 Å². The summed E-state index contributed by atoms with van der Waals surface area (Å²) in [6.07, 6.45) is 0. The first kappa shape index (κ1) is 8.73. The molecule has 1 unspecified atom stereocenters. The van der Waals surface area contributed by atoms with Crippen LogP contribution in [-0.2, 0) is 6.54 Å². The molecule has 1 aromatic rings. The van der Waals surface area contributed by atoms with Gasteiger partial charge in [-0.15, -0.1) is 0 Å². The Morgan fingerprint density at radius 2 is 2.38 bits per heavy atom. The normalized spacial score (nSPS) is 21.2. The van der Waals surface area contributed by atoms with Gasteiger partial charge >= 0.3 is 0 Å². The van der Waals surface area contributed by atoms with Gasteiger partial charge in [0.25, 0.3) is 0 Å². The van der Waals surface area contributed by atoms with E-state index in [0.29, 0.717) is 5.92 Å². The first-order valence-electron chi connectivity index (χ1n) is 4.82. The van der Waals surface area contributed by atoms with Crippen molar-refractivity contribution in [2.75, 3.05) is 13.1 Å². The summed E-state index contributed by atoms with van der Waals surface area (Å²) < 4.78 is 0. The molecule has 3 N–H and O–H groups in total. The molecule has 0 bridgehead atoms. The van der Waals surface area contributed by atoms with Crippen molar-refractivity contribution < 1.29 is 0 Å². The molecule has 2 nitrogen and oxygen atoms in total. The molecule has 0 amide bonds. The fourth-order valence-corrected chi connectivity index (χ4v) is 2.04. The molecule has 13 heavy (non-hydrogen) atoms. The molecule has 1 heterocycles. The third-order valence-electron chi connectivity index (χ3n) is 2.86. The highest BCUT2D eigenvalue weighted by molar-refractivity contribution is 5.38. The van der Waals surface area contributed by atoms with E-state index in [1.807, 2.05) is 0 Å². The van der Waals surface area contributed by atoms with Crippen molar-refractivity contribution >= 4 is 0 Å². The number of nitrogens with one attached hydrogen (secondary N) is 1. The van der Waals surface area contributed by atoms with Crippen molar-refractivity contribution in [3.63, 3.8) is 0 Å². The molecular weight excluding hydrogens is 160 g/mol. The number of nitrogens with two attached hydrogens (primary N) is 1. The molecule has 0 aromatic heterocycles. The molecule has 0 radical (unpaired) electrons. The number of rotatable bonds is 1. The molecule has 1 aliphatic rings. The maximum atomic E-state index is 5.73. The summed E-state index contributed by atoms with van der Waals surface area (Å²) in [7, 11) is 0. The highest BCUT2D eigenvalue weighted by Crippen LogP contribution is 2.25. The first-order chi connectivity index (χ1) is 6.33. The van der Waals surface area contributed by atoms with E-state index in [0.717, 1.165) is 19.6 Å². The fraction of sp³-hybridized carbons (Fsp3) is 0.455. The van der Waals surface area contributed by atoms with E-state index in [9.17, 15) is 0 Å². The zero-order chi connectivity index (χ0) is 9.26. The first-order valence-corrected chi connectivity index (χ1v) is 4.82. The van der Waals surface area contributed by atoms with E-state index >= 15 is 0 Å². The zero-order valence-electron chi connectivity index (χ0n) is 8.01. The zero-order valence-corrected chi connectivity index (χ0v) is 8.01. The van der Waals surface area contributed by atoms with Gasteiger partial charge < -0.3 is 11.1 Å². The molecular formula is C11H16N2. The molecule has 1 atom stereocenters. The summed E-state index contributed by atoms with van der Waals surface area (Å²) in [5.41, 5.74) is 10.0. The van der Waals surface area contributed by atoms with Gasteiger partial charge in [0.1, 0.15) is 0 Å². The molecule has 0 saturated carbocycles. The predicted octanol–water partition coefficient (Wildman–Crippen LogP) is 1.14. The SMILES string of the molecule is Cc1cccc2c1CNCC2CN. The van der Waals surface area contributed by atoms with Gasteiger partial charge in [-0.3, -0.25) is 0 Å². The van der Waals surface area contributed by atoms with Crippen LogP contribution < -0.4 is 11.1 Å². The summed E-state index contributed by atoms with van der Waals surface area (Å²) in [6.45, 7) is 4.92. The Balaban J connectivity index is 2.45. The molecule has 1 aromatic carbocycles. The second kappa shape index (κ2) is 3.48. The van der Waals surface area contributed by atoms with Crippen LogP contribution in [0, 0.1) is 6.92 Å². The summed E-state index contributed by atoms with van der Waals surface area (Å²) in [4.78, 5) is 0. The van der Waals surface area contributed by atoms with Crippen LogP contribution in [0.1, 0.15) is 22.6 Å². The third-order valence-corrected chi connectivity index (χ3v) is 2.86. The Kier molecular flexibility index (Phi) is 2.34. The van der Waals surface area contributed by atoms with Crippen molar-refractivity contribution in [2.45, 2.75) is 19.4 Å². The van der Waals surface area contributed by atoms with Crippen LogP contribution in [0.15, 0.2) is 18.2 Å². The van der Waals surface area contributed by atoms with Crippen molar-refractivity contribution in [1.29, 1.82) is 0 Å². The van der Waals surface area contributed by atoms with Crippen molar-refractivity contribution in [2.24, 2.45) is 5.73 Å². The molecule has 70 valence electrons. The van der Waals surface area contributed by atoms with Gasteiger partial charge in [0.15, 0.2) is 0 Å². The van der Waals surface area contributed by atoms with Gasteiger partial charge in [-0.25, -0.2) is 0 Å². The quantitative estimate of drug-likeness (QED) is 0.673. The van der Waals surface area contributed by atoms with E-state index in [-0.39, 0.29) is 0 Å². The Bertz CT molecular complexity index is 307. The Morgan fingerprint density at radius 1 is 1.54 bits per heavy atom. The van der Waals surface area contributed by atoms with Crippen LogP contribution in [0.25, 0.3) is 0 Å². The highest BCUT2D eigenvalue weighted by atomic mass is 14.9. The molecule has 2 heteroatoms. The molecule has 0 saturated heterocycles.